The van der Waals surface area contributed by atoms with Gasteiger partial charge in [-0.2, -0.15) is 16.9 Å². The van der Waals surface area contributed by atoms with Gasteiger partial charge in [0.2, 0.25) is 0 Å². The number of hydrogen-bond donors (Lipinski definition) is 0. The molecule has 1 heterocycles. The molecule has 0 unspecified atom stereocenters. The third kappa shape index (κ3) is 2.12. The molecule has 1 rings (SSSR count). The molecule has 0 aliphatic heterocycles. The van der Waals surface area contributed by atoms with Gasteiger partial charge in [-0.1, -0.05) is 6.92 Å². The van der Waals surface area contributed by atoms with E-state index in [1.54, 1.807) is 0 Å². The van der Waals surface area contributed by atoms with Gasteiger partial charge in [0, 0.05) is 18.6 Å². The molecule has 0 bridgehead atoms. The van der Waals surface area contributed by atoms with Gasteiger partial charge in [0.25, 0.3) is 0 Å². The molecule has 0 amide bonds. The molecule has 0 saturated heterocycles. The summed E-state index contributed by atoms with van der Waals surface area (Å²) in [5, 5.41) is 2.86. The van der Waals surface area contributed by atoms with Crippen molar-refractivity contribution in [2.45, 2.75) is 6.92 Å². The van der Waals surface area contributed by atoms with Crippen LogP contribution in [0.15, 0.2) is 6.07 Å². The van der Waals surface area contributed by atoms with Crippen molar-refractivity contribution >= 4 is 11.5 Å². The first kappa shape index (κ1) is 7.21. The van der Waals surface area contributed by atoms with Crippen LogP contribution in [0, 0.1) is 12.3 Å². The Morgan fingerprint density at radius 2 is 2.57 bits per heavy atom. The van der Waals surface area contributed by atoms with Crippen LogP contribution in [0.2, 0.25) is 0 Å². The van der Waals surface area contributed by atoms with Crippen LogP contribution in [0.3, 0.4) is 0 Å². The monoisotopic (exact) mass is 149 g/mol. The van der Waals surface area contributed by atoms with Crippen LogP contribution in [-0.4, -0.2) is 4.37 Å². The Hall–Kier alpha value is 0.214. The van der Waals surface area contributed by atoms with E-state index < -0.39 is 0 Å². The van der Waals surface area contributed by atoms with Crippen LogP contribution < -0.4 is 0 Å². The van der Waals surface area contributed by atoms with Gasteiger partial charge in [0.15, 0.2) is 0 Å². The molecule has 1 aromatic heterocycles. The molecule has 0 fully saturated rings. The molecule has 1 radical (unpaired) electrons. The molecule has 7 heavy (non-hydrogen) atoms. The summed E-state index contributed by atoms with van der Waals surface area (Å²) >= 11 is 1.36. The predicted octanol–water partition coefficient (Wildman–Crippen LogP) is 1.25. The fourth-order valence-electron chi connectivity index (χ4n) is 0.236. The van der Waals surface area contributed by atoms with E-state index in [4.69, 9.17) is 0 Å². The van der Waals surface area contributed by atoms with Gasteiger partial charge >= 0.3 is 0 Å². The second-order valence-corrected chi connectivity index (χ2v) is 1.69. The van der Waals surface area contributed by atoms with E-state index in [0.29, 0.717) is 0 Å². The number of rotatable bonds is 0. The molecule has 0 saturated carbocycles. The number of aryl methyl sites for hydroxylation is 1. The summed E-state index contributed by atoms with van der Waals surface area (Å²) in [6.07, 6.45) is 0. The normalized spacial score (nSPS) is 7.57. The fraction of sp³-hybridized carbons (Fsp3) is 0.250. The van der Waals surface area contributed by atoms with Gasteiger partial charge in [-0.3, -0.25) is 0 Å². The molecule has 0 spiro atoms. The zero-order chi connectivity index (χ0) is 4.41. The molecular formula is C4H4NSV-. The Balaban J connectivity index is 0.000000360. The van der Waals surface area contributed by atoms with Gasteiger partial charge < -0.3 is 4.37 Å². The van der Waals surface area contributed by atoms with Crippen LogP contribution in [0.4, 0.5) is 0 Å². The zero-order valence-corrected chi connectivity index (χ0v) is 6.09. The van der Waals surface area contributed by atoms with E-state index in [1.165, 1.54) is 11.5 Å². The molecular weight excluding hydrogens is 145 g/mol. The van der Waals surface area contributed by atoms with Crippen LogP contribution >= 0.6 is 11.5 Å². The molecule has 1 nitrogen and oxygen atoms in total. The second-order valence-electron chi connectivity index (χ2n) is 1.09. The quantitative estimate of drug-likeness (QED) is 0.506. The minimum atomic E-state index is 0. The number of aromatic nitrogens is 1. The SMILES string of the molecule is Cc1c[c-]sn1.[V]. The molecule has 0 atom stereocenters. The summed E-state index contributed by atoms with van der Waals surface area (Å²) in [5.41, 5.74) is 1.06. The van der Waals surface area contributed by atoms with Crippen LogP contribution in [0.25, 0.3) is 0 Å². The largest absolute Gasteiger partial charge is 0.313 e. The average molecular weight is 149 g/mol. The predicted molar refractivity (Wildman–Crippen MR) is 25.7 cm³/mol. The second kappa shape index (κ2) is 3.25. The Bertz CT molecular complexity index is 115. The standard InChI is InChI=1S/C4H4NS.V/c1-4-2-3-6-5-4;/h2H,1H3;/q-1;. The van der Waals surface area contributed by atoms with Crippen molar-refractivity contribution in [2.75, 3.05) is 0 Å². The third-order valence-corrected chi connectivity index (χ3v) is 1.11. The van der Waals surface area contributed by atoms with Crippen molar-refractivity contribution in [2.24, 2.45) is 0 Å². The van der Waals surface area contributed by atoms with Gasteiger partial charge in [0.05, 0.1) is 0 Å². The van der Waals surface area contributed by atoms with E-state index in [1.807, 2.05) is 13.0 Å². The topological polar surface area (TPSA) is 12.9 Å². The van der Waals surface area contributed by atoms with Crippen LogP contribution in [0.5, 0.6) is 0 Å². The zero-order valence-electron chi connectivity index (χ0n) is 3.88. The minimum absolute atomic E-state index is 0. The Kier molecular flexibility index (Phi) is 3.35. The molecule has 1 aromatic rings. The summed E-state index contributed by atoms with van der Waals surface area (Å²) in [7, 11) is 0. The molecule has 0 aromatic carbocycles. The molecule has 3 heteroatoms. The summed E-state index contributed by atoms with van der Waals surface area (Å²) in [4.78, 5) is 0. The smallest absolute Gasteiger partial charge is 0 e. The van der Waals surface area contributed by atoms with Crippen LogP contribution in [-0.2, 0) is 18.6 Å². The maximum absolute atomic E-state index is 3.90. The van der Waals surface area contributed by atoms with Gasteiger partial charge in [-0.15, -0.1) is 5.69 Å². The molecule has 0 aliphatic rings. The van der Waals surface area contributed by atoms with E-state index >= 15 is 0 Å². The van der Waals surface area contributed by atoms with Crippen molar-refractivity contribution in [3.8, 4) is 0 Å². The van der Waals surface area contributed by atoms with Gasteiger partial charge in [-0.25, -0.2) is 6.07 Å². The summed E-state index contributed by atoms with van der Waals surface area (Å²) in [6, 6.07) is 1.87. The first-order valence-electron chi connectivity index (χ1n) is 1.69. The van der Waals surface area contributed by atoms with Crippen molar-refractivity contribution in [1.82, 2.24) is 4.37 Å². The van der Waals surface area contributed by atoms with Crippen molar-refractivity contribution in [3.63, 3.8) is 0 Å². The number of nitrogens with zero attached hydrogens (tertiary/aromatic N) is 1. The maximum Gasteiger partial charge on any atom is 0 e. The first-order valence-corrected chi connectivity index (χ1v) is 2.46. The van der Waals surface area contributed by atoms with Gasteiger partial charge in [-0.05, 0) is 0 Å². The summed E-state index contributed by atoms with van der Waals surface area (Å²) in [6.45, 7) is 1.95. The van der Waals surface area contributed by atoms with Crippen LogP contribution in [0.1, 0.15) is 5.69 Å². The molecule has 37 valence electrons. The Labute approximate surface area is 58.8 Å². The summed E-state index contributed by atoms with van der Waals surface area (Å²) in [5.74, 6) is 0. The summed E-state index contributed by atoms with van der Waals surface area (Å²) < 4.78 is 3.90. The van der Waals surface area contributed by atoms with Gasteiger partial charge in [0.1, 0.15) is 0 Å². The van der Waals surface area contributed by atoms with Crippen molar-refractivity contribution in [1.29, 1.82) is 0 Å². The minimum Gasteiger partial charge on any atom is -0.313 e. The Morgan fingerprint density at radius 3 is 2.71 bits per heavy atom. The third-order valence-electron chi connectivity index (χ3n) is 0.510. The van der Waals surface area contributed by atoms with Crippen molar-refractivity contribution < 1.29 is 18.6 Å². The molecule has 0 aliphatic carbocycles. The van der Waals surface area contributed by atoms with E-state index in [2.05, 4.69) is 9.75 Å². The van der Waals surface area contributed by atoms with E-state index in [9.17, 15) is 0 Å². The van der Waals surface area contributed by atoms with E-state index in [0.717, 1.165) is 5.69 Å². The molecule has 0 N–H and O–H groups in total. The average Bonchev–Trinajstić information content (AvgIpc) is 1.86. The fourth-order valence-corrected chi connectivity index (χ4v) is 0.709. The Morgan fingerprint density at radius 1 is 1.86 bits per heavy atom. The van der Waals surface area contributed by atoms with E-state index in [-0.39, 0.29) is 18.6 Å². The first-order chi connectivity index (χ1) is 2.89. The number of hydrogen-bond acceptors (Lipinski definition) is 2. The maximum atomic E-state index is 3.90. The van der Waals surface area contributed by atoms with Crippen molar-refractivity contribution in [3.05, 3.63) is 17.1 Å².